The summed E-state index contributed by atoms with van der Waals surface area (Å²) in [5.74, 6) is 1.07. The Balaban J connectivity index is 0.00000256. The average molecular weight is 579 g/mol. The molecule has 2 N–H and O–H groups in total. The largest absolute Gasteiger partial charge is 1.00 e. The second-order valence-electron chi connectivity index (χ2n) is 7.76. The fourth-order valence-electron chi connectivity index (χ4n) is 3.54. The number of benzene rings is 1. The van der Waals surface area contributed by atoms with Crippen molar-refractivity contribution < 1.29 is 24.6 Å². The first-order chi connectivity index (χ1) is 14.0. The number of nitrogens with one attached hydrogen (secondary N) is 2. The Bertz CT molecular complexity index is 968. The summed E-state index contributed by atoms with van der Waals surface area (Å²) in [6, 6.07) is 13.5. The van der Waals surface area contributed by atoms with Gasteiger partial charge in [-0.3, -0.25) is 4.79 Å². The zero-order chi connectivity index (χ0) is 20.4. The molecule has 0 spiro atoms. The van der Waals surface area contributed by atoms with E-state index in [1.165, 1.54) is 16.8 Å². The molecule has 1 amide bonds. The van der Waals surface area contributed by atoms with Gasteiger partial charge in [-0.05, 0) is 41.4 Å². The van der Waals surface area contributed by atoms with Crippen molar-refractivity contribution in [1.82, 2.24) is 10.3 Å². The van der Waals surface area contributed by atoms with Crippen LogP contribution in [0.1, 0.15) is 49.2 Å². The second kappa shape index (κ2) is 9.45. The Kier molecular flexibility index (Phi) is 6.94. The van der Waals surface area contributed by atoms with E-state index in [2.05, 4.69) is 39.4 Å². The monoisotopic (exact) mass is 580 g/mol. The van der Waals surface area contributed by atoms with Gasteiger partial charge in [-0.15, -0.1) is 6.21 Å². The summed E-state index contributed by atoms with van der Waals surface area (Å²) in [5, 5.41) is 6.29. The zero-order valence-corrected chi connectivity index (χ0v) is 20.0. The maximum atomic E-state index is 12.7. The van der Waals surface area contributed by atoms with Crippen molar-refractivity contribution in [3.63, 3.8) is 0 Å². The number of carbonyl (C=O) groups excluding carboxylic acids is 1. The smallest absolute Gasteiger partial charge is 0.431 e. The summed E-state index contributed by atoms with van der Waals surface area (Å²) in [7, 11) is 0. The Morgan fingerprint density at radius 2 is 1.97 bits per heavy atom. The van der Waals surface area contributed by atoms with Crippen LogP contribution >= 0.6 is 0 Å². The third-order valence-corrected chi connectivity index (χ3v) is 5.25. The van der Waals surface area contributed by atoms with Crippen LogP contribution in [-0.2, 0) is 19.8 Å². The first-order valence-electron chi connectivity index (χ1n) is 9.99. The van der Waals surface area contributed by atoms with Gasteiger partial charge in [-0.2, -0.15) is 0 Å². The number of amides is 1. The molecule has 0 saturated heterocycles. The van der Waals surface area contributed by atoms with Crippen LogP contribution in [-0.4, -0.2) is 30.2 Å². The van der Waals surface area contributed by atoms with Crippen molar-refractivity contribution in [3.8, 4) is 0 Å². The van der Waals surface area contributed by atoms with E-state index in [1.54, 1.807) is 6.07 Å². The van der Waals surface area contributed by atoms with E-state index in [0.717, 1.165) is 37.2 Å². The van der Waals surface area contributed by atoms with Crippen LogP contribution in [0.15, 0.2) is 58.7 Å². The van der Waals surface area contributed by atoms with Crippen molar-refractivity contribution >= 4 is 23.6 Å². The predicted molar refractivity (Wildman–Crippen MR) is 117 cm³/mol. The van der Waals surface area contributed by atoms with Crippen LogP contribution in [0, 0.1) is 6.17 Å². The molecule has 0 saturated carbocycles. The van der Waals surface area contributed by atoms with E-state index in [4.69, 9.17) is 0 Å². The van der Waals surface area contributed by atoms with E-state index in [-0.39, 0.29) is 25.7 Å². The molecular weight excluding hydrogens is 553 g/mol. The molecule has 7 heteroatoms. The van der Waals surface area contributed by atoms with Gasteiger partial charge in [0.05, 0.1) is 0 Å². The zero-order valence-electron chi connectivity index (χ0n) is 17.4. The minimum atomic E-state index is -0.202. The van der Waals surface area contributed by atoms with Gasteiger partial charge in [-0.25, -0.2) is 4.98 Å². The van der Waals surface area contributed by atoms with Gasteiger partial charge < -0.3 is 20.5 Å². The summed E-state index contributed by atoms with van der Waals surface area (Å²) in [4.78, 5) is 23.9. The van der Waals surface area contributed by atoms with E-state index in [1.807, 2.05) is 49.5 Å². The molecule has 1 radical (unpaired) electrons. The van der Waals surface area contributed by atoms with Crippen LogP contribution < -0.4 is 15.5 Å². The Labute approximate surface area is 190 Å². The predicted octanol–water partition coefficient (Wildman–Crippen LogP) is 4.10. The van der Waals surface area contributed by atoms with Crippen LogP contribution in [0.2, 0.25) is 0 Å². The van der Waals surface area contributed by atoms with E-state index in [9.17, 15) is 4.79 Å². The summed E-state index contributed by atoms with van der Waals surface area (Å²) in [6.07, 6.45) is 3.75. The summed E-state index contributed by atoms with van der Waals surface area (Å²) < 4.78 is 0. The minimum Gasteiger partial charge on any atom is -0.431 e. The first kappa shape index (κ1) is 22.1. The van der Waals surface area contributed by atoms with Crippen LogP contribution in [0.3, 0.4) is 0 Å². The SMILES string of the molecule is C[C-]1N=CC2=C(CCN(c3cccc(C(=O)Nc4ccc(C(C)C)cc4)n3)C2)N1.[Os+]. The van der Waals surface area contributed by atoms with Crippen LogP contribution in [0.5, 0.6) is 0 Å². The number of carbonyl (C=O) groups is 1. The van der Waals surface area contributed by atoms with E-state index < -0.39 is 0 Å². The summed E-state index contributed by atoms with van der Waals surface area (Å²) in [6.45, 7) is 7.84. The molecule has 3 heterocycles. The second-order valence-corrected chi connectivity index (χ2v) is 7.76. The summed E-state index contributed by atoms with van der Waals surface area (Å²) in [5.41, 5.74) is 4.83. The number of nitrogens with zero attached hydrogens (tertiary/aromatic N) is 3. The molecule has 4 rings (SSSR count). The molecule has 1 aromatic heterocycles. The number of rotatable bonds is 4. The molecule has 2 aliphatic heterocycles. The molecule has 6 nitrogen and oxygen atoms in total. The first-order valence-corrected chi connectivity index (χ1v) is 9.99. The van der Waals surface area contributed by atoms with Crippen molar-refractivity contribution in [2.24, 2.45) is 4.99 Å². The molecule has 0 unspecified atom stereocenters. The van der Waals surface area contributed by atoms with Gasteiger partial charge in [0.25, 0.3) is 5.91 Å². The van der Waals surface area contributed by atoms with Crippen LogP contribution in [0.25, 0.3) is 0 Å². The quantitative estimate of drug-likeness (QED) is 0.537. The molecule has 2 aliphatic rings. The average Bonchev–Trinajstić information content (AvgIpc) is 2.74. The number of pyridine rings is 1. The standard InChI is InChI=1S/C23H26N5O.Os/c1-15(2)17-7-9-19(10-8-17)26-23(29)21-5-4-6-22(27-21)28-12-11-20-18(14-28)13-24-16(3)25-20;/h4-10,13,15,25H,11-12,14H2,1-3H3,(H,26,29);/q-1;+1. The summed E-state index contributed by atoms with van der Waals surface area (Å²) >= 11 is 0. The van der Waals surface area contributed by atoms with Gasteiger partial charge in [0.15, 0.2) is 0 Å². The van der Waals surface area contributed by atoms with Crippen molar-refractivity contribution in [1.29, 1.82) is 0 Å². The number of aromatic nitrogens is 1. The molecule has 1 aromatic carbocycles. The van der Waals surface area contributed by atoms with Gasteiger partial charge in [-0.1, -0.05) is 50.7 Å². The molecule has 0 aliphatic carbocycles. The molecule has 157 valence electrons. The van der Waals surface area contributed by atoms with Gasteiger partial charge in [0.1, 0.15) is 11.5 Å². The molecule has 0 fully saturated rings. The fraction of sp³-hybridized carbons (Fsp3) is 0.304. The maximum Gasteiger partial charge on any atom is 1.00 e. The van der Waals surface area contributed by atoms with Gasteiger partial charge in [0, 0.05) is 25.2 Å². The molecular formula is C23H26N5OOs. The van der Waals surface area contributed by atoms with Crippen molar-refractivity contribution in [2.75, 3.05) is 23.3 Å². The number of hydrogen-bond acceptors (Lipinski definition) is 5. The Morgan fingerprint density at radius 3 is 2.70 bits per heavy atom. The van der Waals surface area contributed by atoms with Gasteiger partial charge >= 0.3 is 19.8 Å². The normalized spacial score (nSPS) is 15.5. The van der Waals surface area contributed by atoms with E-state index in [0.29, 0.717) is 11.6 Å². The number of hydrogen-bond donors (Lipinski definition) is 2. The topological polar surface area (TPSA) is 69.6 Å². The molecule has 0 bridgehead atoms. The van der Waals surface area contributed by atoms with Crippen LogP contribution in [0.4, 0.5) is 11.5 Å². The fourth-order valence-corrected chi connectivity index (χ4v) is 3.54. The third kappa shape index (κ3) is 4.91. The Morgan fingerprint density at radius 1 is 1.20 bits per heavy atom. The van der Waals surface area contributed by atoms with E-state index >= 15 is 0 Å². The Hall–Kier alpha value is -2.64. The minimum absolute atomic E-state index is 0. The number of anilines is 2. The molecule has 30 heavy (non-hydrogen) atoms. The van der Waals surface area contributed by atoms with Crippen molar-refractivity contribution in [2.45, 2.75) is 33.1 Å². The third-order valence-electron chi connectivity index (χ3n) is 5.25. The van der Waals surface area contributed by atoms with Gasteiger partial charge in [0.2, 0.25) is 0 Å². The maximum absolute atomic E-state index is 12.7. The van der Waals surface area contributed by atoms with Crippen molar-refractivity contribution in [3.05, 3.63) is 71.2 Å². The molecule has 2 aromatic rings. The number of aliphatic imine (C=N–C) groups is 1. The molecule has 0 atom stereocenters.